The fraction of sp³-hybridized carbons (Fsp3) is 0.136. The third kappa shape index (κ3) is 5.21. The fourth-order valence-corrected chi connectivity index (χ4v) is 2.27. The predicted molar refractivity (Wildman–Crippen MR) is 102 cm³/mol. The number of rotatable bonds is 7. The van der Waals surface area contributed by atoms with Crippen LogP contribution in [0.25, 0.3) is 11.6 Å². The molecule has 3 heteroatoms. The molecule has 2 aromatic rings. The van der Waals surface area contributed by atoms with Gasteiger partial charge in [0.1, 0.15) is 5.75 Å². The zero-order valence-electron chi connectivity index (χ0n) is 14.6. The number of allylic oxidation sites excluding steroid dienone is 2. The Morgan fingerprint density at radius 3 is 2.36 bits per heavy atom. The molecule has 0 aliphatic rings. The molecule has 0 N–H and O–H groups in total. The van der Waals surface area contributed by atoms with Crippen LogP contribution in [-0.4, -0.2) is 19.7 Å². The number of hydrogen-bond donors (Lipinski definition) is 0. The summed E-state index contributed by atoms with van der Waals surface area (Å²) < 4.78 is 10.3. The van der Waals surface area contributed by atoms with Gasteiger partial charge in [-0.05, 0) is 41.8 Å². The van der Waals surface area contributed by atoms with Crippen molar-refractivity contribution in [1.29, 1.82) is 0 Å². The number of ether oxygens (including phenoxy) is 2. The van der Waals surface area contributed by atoms with E-state index in [0.29, 0.717) is 17.8 Å². The van der Waals surface area contributed by atoms with Crippen LogP contribution >= 0.6 is 0 Å². The summed E-state index contributed by atoms with van der Waals surface area (Å²) in [6.45, 7) is 6.16. The smallest absolute Gasteiger partial charge is 0.338 e. The molecular weight excluding hydrogens is 312 g/mol. The zero-order valence-corrected chi connectivity index (χ0v) is 14.6. The molecule has 0 aliphatic carbocycles. The van der Waals surface area contributed by atoms with E-state index in [1.807, 2.05) is 66.7 Å². The van der Waals surface area contributed by atoms with E-state index in [9.17, 15) is 4.79 Å². The summed E-state index contributed by atoms with van der Waals surface area (Å²) in [5.41, 5.74) is 2.93. The molecule has 0 radical (unpaired) electrons. The molecular formula is C22H22O3. The lowest BCUT2D eigenvalue weighted by Crippen LogP contribution is -2.08. The van der Waals surface area contributed by atoms with Crippen LogP contribution < -0.4 is 4.74 Å². The molecule has 2 aromatic carbocycles. The maximum atomic E-state index is 12.3. The number of carbonyl (C=O) groups excluding carboxylic acids is 1. The molecule has 0 aliphatic heterocycles. The molecule has 25 heavy (non-hydrogen) atoms. The Morgan fingerprint density at radius 2 is 1.76 bits per heavy atom. The summed E-state index contributed by atoms with van der Waals surface area (Å²) in [5, 5.41) is 0. The van der Waals surface area contributed by atoms with Crippen molar-refractivity contribution in [1.82, 2.24) is 0 Å². The van der Waals surface area contributed by atoms with Crippen LogP contribution in [0.1, 0.15) is 18.1 Å². The van der Waals surface area contributed by atoms with E-state index in [-0.39, 0.29) is 5.97 Å². The summed E-state index contributed by atoms with van der Waals surface area (Å²) >= 11 is 0. The van der Waals surface area contributed by atoms with Crippen molar-refractivity contribution in [2.24, 2.45) is 0 Å². The highest BCUT2D eigenvalue weighted by Crippen LogP contribution is 2.24. The maximum absolute atomic E-state index is 12.3. The molecule has 0 unspecified atom stereocenters. The van der Waals surface area contributed by atoms with Gasteiger partial charge in [-0.2, -0.15) is 0 Å². The molecule has 0 saturated heterocycles. The van der Waals surface area contributed by atoms with Crippen LogP contribution in [0.5, 0.6) is 5.75 Å². The Morgan fingerprint density at radius 1 is 1.08 bits per heavy atom. The third-order valence-corrected chi connectivity index (χ3v) is 3.61. The van der Waals surface area contributed by atoms with Crippen LogP contribution in [0.4, 0.5) is 0 Å². The van der Waals surface area contributed by atoms with E-state index in [1.165, 1.54) is 0 Å². The fourth-order valence-electron chi connectivity index (χ4n) is 2.27. The second kappa shape index (κ2) is 9.28. The van der Waals surface area contributed by atoms with Gasteiger partial charge in [-0.3, -0.25) is 0 Å². The average Bonchev–Trinajstić information content (AvgIpc) is 2.66. The summed E-state index contributed by atoms with van der Waals surface area (Å²) in [6.07, 6.45) is 5.49. The molecule has 3 nitrogen and oxygen atoms in total. The minimum Gasteiger partial charge on any atom is -0.497 e. The SMILES string of the molecule is C=C(/C(=C/C=C/c1ccccc1)C(=O)OCC)c1ccc(OC)cc1. The molecule has 0 amide bonds. The molecule has 0 heterocycles. The molecule has 0 bridgehead atoms. The molecule has 0 aromatic heterocycles. The van der Waals surface area contributed by atoms with Crippen LogP contribution in [0.15, 0.2) is 78.9 Å². The molecule has 0 saturated carbocycles. The minimum atomic E-state index is -0.388. The number of carbonyl (C=O) groups is 1. The quantitative estimate of drug-likeness (QED) is 0.410. The molecule has 0 atom stereocenters. The van der Waals surface area contributed by atoms with E-state index >= 15 is 0 Å². The third-order valence-electron chi connectivity index (χ3n) is 3.61. The molecule has 0 fully saturated rings. The monoisotopic (exact) mass is 334 g/mol. The van der Waals surface area contributed by atoms with E-state index in [2.05, 4.69) is 6.58 Å². The van der Waals surface area contributed by atoms with Gasteiger partial charge in [-0.15, -0.1) is 0 Å². The van der Waals surface area contributed by atoms with Crippen LogP contribution in [0, 0.1) is 0 Å². The second-order valence-electron chi connectivity index (χ2n) is 5.28. The van der Waals surface area contributed by atoms with Crippen molar-refractivity contribution in [3.63, 3.8) is 0 Å². The van der Waals surface area contributed by atoms with Crippen LogP contribution in [-0.2, 0) is 9.53 Å². The molecule has 0 spiro atoms. The first kappa shape index (κ1) is 18.3. The minimum absolute atomic E-state index is 0.314. The first-order valence-corrected chi connectivity index (χ1v) is 8.10. The van der Waals surface area contributed by atoms with Crippen LogP contribution in [0.2, 0.25) is 0 Å². The first-order valence-electron chi connectivity index (χ1n) is 8.10. The van der Waals surface area contributed by atoms with Crippen molar-refractivity contribution in [2.45, 2.75) is 6.92 Å². The van der Waals surface area contributed by atoms with Gasteiger partial charge in [0.05, 0.1) is 19.3 Å². The number of benzene rings is 2. The van der Waals surface area contributed by atoms with Gasteiger partial charge >= 0.3 is 5.97 Å². The Hall–Kier alpha value is -3.07. The summed E-state index contributed by atoms with van der Waals surface area (Å²) in [7, 11) is 1.61. The van der Waals surface area contributed by atoms with E-state index in [4.69, 9.17) is 9.47 Å². The van der Waals surface area contributed by atoms with Gasteiger partial charge in [0.15, 0.2) is 0 Å². The van der Waals surface area contributed by atoms with Gasteiger partial charge in [-0.1, -0.05) is 61.2 Å². The first-order chi connectivity index (χ1) is 12.2. The standard InChI is InChI=1S/C22H22O3/c1-4-25-22(23)21(12-8-11-18-9-6-5-7-10-18)17(2)19-13-15-20(24-3)16-14-19/h5-16H,2,4H2,1,3H3/b11-8+,21-12-. The van der Waals surface area contributed by atoms with E-state index in [0.717, 1.165) is 16.9 Å². The lowest BCUT2D eigenvalue weighted by molar-refractivity contribution is -0.137. The Balaban J connectivity index is 2.27. The Bertz CT molecular complexity index is 769. The van der Waals surface area contributed by atoms with E-state index in [1.54, 1.807) is 20.1 Å². The summed E-state index contributed by atoms with van der Waals surface area (Å²) in [6, 6.07) is 17.3. The topological polar surface area (TPSA) is 35.5 Å². The van der Waals surface area contributed by atoms with Crippen molar-refractivity contribution in [3.05, 3.63) is 90.0 Å². The number of hydrogen-bond acceptors (Lipinski definition) is 3. The highest BCUT2D eigenvalue weighted by molar-refractivity contribution is 6.06. The predicted octanol–water partition coefficient (Wildman–Crippen LogP) is 4.91. The van der Waals surface area contributed by atoms with Gasteiger partial charge in [-0.25, -0.2) is 4.79 Å². The Kier molecular flexibility index (Phi) is 6.78. The Labute approximate surface area is 148 Å². The normalized spacial score (nSPS) is 11.4. The van der Waals surface area contributed by atoms with Gasteiger partial charge in [0.2, 0.25) is 0 Å². The lowest BCUT2D eigenvalue weighted by Gasteiger charge is -2.10. The van der Waals surface area contributed by atoms with Crippen molar-refractivity contribution < 1.29 is 14.3 Å². The van der Waals surface area contributed by atoms with Crippen LogP contribution in [0.3, 0.4) is 0 Å². The largest absolute Gasteiger partial charge is 0.497 e. The lowest BCUT2D eigenvalue weighted by atomic mass is 9.99. The van der Waals surface area contributed by atoms with Crippen molar-refractivity contribution in [2.75, 3.05) is 13.7 Å². The van der Waals surface area contributed by atoms with Gasteiger partial charge in [0, 0.05) is 0 Å². The zero-order chi connectivity index (χ0) is 18.1. The number of esters is 1. The maximum Gasteiger partial charge on any atom is 0.338 e. The summed E-state index contributed by atoms with van der Waals surface area (Å²) in [5.74, 6) is 0.364. The number of methoxy groups -OCH3 is 1. The van der Waals surface area contributed by atoms with Gasteiger partial charge < -0.3 is 9.47 Å². The molecule has 2 rings (SSSR count). The summed E-state index contributed by atoms with van der Waals surface area (Å²) in [4.78, 5) is 12.3. The van der Waals surface area contributed by atoms with Crippen molar-refractivity contribution >= 4 is 17.6 Å². The highest BCUT2D eigenvalue weighted by Gasteiger charge is 2.15. The highest BCUT2D eigenvalue weighted by atomic mass is 16.5. The second-order valence-corrected chi connectivity index (χ2v) is 5.28. The van der Waals surface area contributed by atoms with E-state index < -0.39 is 0 Å². The average molecular weight is 334 g/mol. The van der Waals surface area contributed by atoms with Crippen molar-refractivity contribution in [3.8, 4) is 5.75 Å². The van der Waals surface area contributed by atoms with Gasteiger partial charge in [0.25, 0.3) is 0 Å². The molecule has 128 valence electrons.